The highest BCUT2D eigenvalue weighted by Gasteiger charge is 2.45. The summed E-state index contributed by atoms with van der Waals surface area (Å²) >= 11 is 0. The molecule has 0 amide bonds. The Labute approximate surface area is 103 Å². The number of rotatable bonds is 1. The van der Waals surface area contributed by atoms with E-state index in [4.69, 9.17) is 0 Å². The fourth-order valence-corrected chi connectivity index (χ4v) is 2.96. The van der Waals surface area contributed by atoms with Crippen LogP contribution in [0.4, 0.5) is 0 Å². The van der Waals surface area contributed by atoms with Crippen molar-refractivity contribution < 1.29 is 9.59 Å². The summed E-state index contributed by atoms with van der Waals surface area (Å²) in [6.07, 6.45) is 6.00. The van der Waals surface area contributed by atoms with Crippen LogP contribution < -0.4 is 0 Å². The van der Waals surface area contributed by atoms with Crippen molar-refractivity contribution in [2.24, 2.45) is 23.2 Å². The van der Waals surface area contributed by atoms with E-state index in [9.17, 15) is 9.59 Å². The molecule has 0 unspecified atom stereocenters. The molecule has 2 nitrogen and oxygen atoms in total. The van der Waals surface area contributed by atoms with E-state index in [1.54, 1.807) is 12.2 Å². The van der Waals surface area contributed by atoms with Crippen molar-refractivity contribution in [2.75, 3.05) is 0 Å². The number of carbonyl (C=O) groups excluding carboxylic acids is 2. The maximum atomic E-state index is 12.0. The van der Waals surface area contributed by atoms with E-state index in [1.807, 2.05) is 13.0 Å². The number of carbonyl (C=O) groups is 2. The summed E-state index contributed by atoms with van der Waals surface area (Å²) in [4.78, 5) is 23.8. The molecule has 0 aromatic rings. The molecule has 0 aromatic heterocycles. The molecule has 3 atom stereocenters. The minimum atomic E-state index is -0.158. The van der Waals surface area contributed by atoms with Crippen LogP contribution in [0.25, 0.3) is 0 Å². The van der Waals surface area contributed by atoms with Crippen LogP contribution in [-0.4, -0.2) is 11.6 Å². The largest absolute Gasteiger partial charge is 0.295 e. The highest BCUT2D eigenvalue weighted by atomic mass is 16.1. The van der Waals surface area contributed by atoms with Crippen molar-refractivity contribution in [1.29, 1.82) is 0 Å². The summed E-state index contributed by atoms with van der Waals surface area (Å²) in [7, 11) is 0. The van der Waals surface area contributed by atoms with Gasteiger partial charge in [-0.05, 0) is 30.1 Å². The number of hydrogen-bond acceptors (Lipinski definition) is 2. The minimum absolute atomic E-state index is 0.0203. The Morgan fingerprint density at radius 1 is 1.24 bits per heavy atom. The SMILES string of the molecule is CC(C)[C@H]1C[C@]2(C)C(=CC1=O)C=CC(=O)[C@H]2C. The van der Waals surface area contributed by atoms with E-state index >= 15 is 0 Å². The van der Waals surface area contributed by atoms with Crippen LogP contribution in [0, 0.1) is 23.2 Å². The first-order valence-electron chi connectivity index (χ1n) is 6.34. The molecule has 2 aliphatic rings. The highest BCUT2D eigenvalue weighted by Crippen LogP contribution is 2.49. The molecule has 92 valence electrons. The second-order valence-electron chi connectivity index (χ2n) is 5.93. The van der Waals surface area contributed by atoms with Crippen LogP contribution in [-0.2, 0) is 9.59 Å². The Morgan fingerprint density at radius 3 is 2.47 bits per heavy atom. The molecular formula is C15H20O2. The summed E-state index contributed by atoms with van der Waals surface area (Å²) in [5.41, 5.74) is 0.876. The van der Waals surface area contributed by atoms with E-state index in [-0.39, 0.29) is 28.8 Å². The topological polar surface area (TPSA) is 34.1 Å². The second kappa shape index (κ2) is 3.94. The average Bonchev–Trinajstić information content (AvgIpc) is 2.26. The monoisotopic (exact) mass is 232 g/mol. The lowest BCUT2D eigenvalue weighted by atomic mass is 9.58. The average molecular weight is 232 g/mol. The van der Waals surface area contributed by atoms with Gasteiger partial charge in [-0.15, -0.1) is 0 Å². The van der Waals surface area contributed by atoms with Crippen LogP contribution in [0.5, 0.6) is 0 Å². The zero-order valence-electron chi connectivity index (χ0n) is 11.0. The third kappa shape index (κ3) is 1.80. The molecule has 0 aliphatic heterocycles. The van der Waals surface area contributed by atoms with Gasteiger partial charge in [0.1, 0.15) is 0 Å². The van der Waals surface area contributed by atoms with Gasteiger partial charge in [0.05, 0.1) is 0 Å². The quantitative estimate of drug-likeness (QED) is 0.696. The van der Waals surface area contributed by atoms with Gasteiger partial charge >= 0.3 is 0 Å². The number of hydrogen-bond donors (Lipinski definition) is 0. The first kappa shape index (κ1) is 12.3. The molecule has 17 heavy (non-hydrogen) atoms. The molecule has 0 aromatic carbocycles. The van der Waals surface area contributed by atoms with Crippen molar-refractivity contribution in [3.8, 4) is 0 Å². The van der Waals surface area contributed by atoms with Crippen LogP contribution in [0.15, 0.2) is 23.8 Å². The summed E-state index contributed by atoms with van der Waals surface area (Å²) in [6, 6.07) is 0. The van der Waals surface area contributed by atoms with E-state index < -0.39 is 0 Å². The lowest BCUT2D eigenvalue weighted by molar-refractivity contribution is -0.126. The summed E-state index contributed by atoms with van der Waals surface area (Å²) < 4.78 is 0. The van der Waals surface area contributed by atoms with E-state index in [1.165, 1.54) is 0 Å². The third-order valence-electron chi connectivity index (χ3n) is 4.58. The summed E-state index contributed by atoms with van der Waals surface area (Å²) in [5.74, 6) is 0.782. The lowest BCUT2D eigenvalue weighted by Crippen LogP contribution is -2.42. The van der Waals surface area contributed by atoms with Gasteiger partial charge < -0.3 is 0 Å². The van der Waals surface area contributed by atoms with Crippen LogP contribution >= 0.6 is 0 Å². The maximum absolute atomic E-state index is 12.0. The first-order valence-corrected chi connectivity index (χ1v) is 6.34. The van der Waals surface area contributed by atoms with Crippen molar-refractivity contribution in [1.82, 2.24) is 0 Å². The smallest absolute Gasteiger partial charge is 0.159 e. The van der Waals surface area contributed by atoms with Gasteiger partial charge in [-0.1, -0.05) is 33.8 Å². The number of ketones is 2. The molecule has 0 saturated heterocycles. The van der Waals surface area contributed by atoms with Gasteiger partial charge in [-0.25, -0.2) is 0 Å². The number of fused-ring (bicyclic) bond motifs is 1. The van der Waals surface area contributed by atoms with Gasteiger partial charge in [0.25, 0.3) is 0 Å². The molecule has 0 radical (unpaired) electrons. The van der Waals surface area contributed by atoms with Gasteiger partial charge in [0.2, 0.25) is 0 Å². The Bertz CT molecular complexity index is 428. The van der Waals surface area contributed by atoms with Gasteiger partial charge in [0, 0.05) is 17.3 Å². The molecule has 0 spiro atoms. The molecular weight excluding hydrogens is 212 g/mol. The van der Waals surface area contributed by atoms with E-state index in [0.717, 1.165) is 12.0 Å². The zero-order chi connectivity index (χ0) is 12.8. The summed E-state index contributed by atoms with van der Waals surface area (Å²) in [6.45, 7) is 8.26. The Kier molecular flexibility index (Phi) is 2.84. The van der Waals surface area contributed by atoms with Crippen molar-refractivity contribution in [3.05, 3.63) is 23.8 Å². The lowest BCUT2D eigenvalue weighted by Gasteiger charge is -2.44. The van der Waals surface area contributed by atoms with Gasteiger partial charge in [0.15, 0.2) is 11.6 Å². The van der Waals surface area contributed by atoms with Crippen LogP contribution in [0.2, 0.25) is 0 Å². The molecule has 2 aliphatic carbocycles. The molecule has 2 heteroatoms. The Hall–Kier alpha value is -1.18. The van der Waals surface area contributed by atoms with Crippen molar-refractivity contribution in [3.63, 3.8) is 0 Å². The molecule has 0 bridgehead atoms. The van der Waals surface area contributed by atoms with E-state index in [2.05, 4.69) is 20.8 Å². The molecule has 0 saturated carbocycles. The van der Waals surface area contributed by atoms with Gasteiger partial charge in [-0.2, -0.15) is 0 Å². The molecule has 0 heterocycles. The fraction of sp³-hybridized carbons (Fsp3) is 0.600. The van der Waals surface area contributed by atoms with Gasteiger partial charge in [-0.3, -0.25) is 9.59 Å². The number of allylic oxidation sites excluding steroid dienone is 4. The molecule has 2 rings (SSSR count). The predicted molar refractivity (Wildman–Crippen MR) is 67.5 cm³/mol. The molecule has 0 fully saturated rings. The minimum Gasteiger partial charge on any atom is -0.295 e. The fourth-order valence-electron chi connectivity index (χ4n) is 2.96. The highest BCUT2D eigenvalue weighted by molar-refractivity contribution is 5.99. The predicted octanol–water partition coefficient (Wildman–Crippen LogP) is 2.94. The van der Waals surface area contributed by atoms with Crippen LogP contribution in [0.1, 0.15) is 34.1 Å². The van der Waals surface area contributed by atoms with Crippen LogP contribution in [0.3, 0.4) is 0 Å². The zero-order valence-corrected chi connectivity index (χ0v) is 11.0. The van der Waals surface area contributed by atoms with Crippen molar-refractivity contribution >= 4 is 11.6 Å². The van der Waals surface area contributed by atoms with E-state index in [0.29, 0.717) is 5.92 Å². The third-order valence-corrected chi connectivity index (χ3v) is 4.58. The normalized spacial score (nSPS) is 37.1. The Morgan fingerprint density at radius 2 is 1.88 bits per heavy atom. The Balaban J connectivity index is 2.46. The maximum Gasteiger partial charge on any atom is 0.159 e. The standard InChI is InChI=1S/C15H20O2/c1-9(2)12-8-15(4)10(3)13(16)6-5-11(15)7-14(12)17/h5-7,9-10,12H,8H2,1-4H3/t10-,12-,15+/m1/s1. The molecule has 0 N–H and O–H groups in total. The second-order valence-corrected chi connectivity index (χ2v) is 5.93. The van der Waals surface area contributed by atoms with Crippen molar-refractivity contribution in [2.45, 2.75) is 34.1 Å². The first-order chi connectivity index (χ1) is 7.86. The summed E-state index contributed by atoms with van der Waals surface area (Å²) in [5, 5.41) is 0.